The first-order valence-electron chi connectivity index (χ1n) is 9.14. The maximum Gasteiger partial charge on any atom is 0.417 e. The molecule has 0 aliphatic heterocycles. The number of rotatable bonds is 5. The summed E-state index contributed by atoms with van der Waals surface area (Å²) in [4.78, 5) is 20.2. The first-order valence-corrected chi connectivity index (χ1v) is 9.89. The van der Waals surface area contributed by atoms with Gasteiger partial charge in [-0.2, -0.15) is 0 Å². The van der Waals surface area contributed by atoms with Crippen LogP contribution in [0.25, 0.3) is 22.4 Å². The predicted octanol–water partition coefficient (Wildman–Crippen LogP) is 6.16. The van der Waals surface area contributed by atoms with Crippen LogP contribution in [0.15, 0.2) is 54.6 Å². The van der Waals surface area contributed by atoms with Crippen molar-refractivity contribution in [2.75, 3.05) is 19.5 Å². The van der Waals surface area contributed by atoms with E-state index >= 15 is 0 Å². The normalized spacial score (nSPS) is 10.7. The summed E-state index contributed by atoms with van der Waals surface area (Å²) in [5.41, 5.74) is 2.30. The predicted molar refractivity (Wildman–Crippen MR) is 121 cm³/mol. The molecule has 0 aliphatic carbocycles. The molecule has 7 nitrogen and oxygen atoms in total. The number of nitrogens with one attached hydrogen (secondary N) is 2. The second-order valence-electron chi connectivity index (χ2n) is 6.41. The molecule has 158 valence electrons. The average molecular weight is 458 g/mol. The fraction of sp³-hybridized carbons (Fsp3) is 0.0909. The van der Waals surface area contributed by atoms with Gasteiger partial charge in [-0.25, -0.2) is 9.78 Å². The number of hydrogen-bond donors (Lipinski definition) is 2. The number of carbonyl (C=O) groups is 1. The number of para-hydroxylation sites is 1. The number of H-pyrrole nitrogens is 1. The Bertz CT molecular complexity index is 1230. The number of aromatic nitrogens is 2. The summed E-state index contributed by atoms with van der Waals surface area (Å²) in [6.07, 6.45) is -0.698. The van der Waals surface area contributed by atoms with Gasteiger partial charge in [0, 0.05) is 6.07 Å². The van der Waals surface area contributed by atoms with Crippen molar-refractivity contribution in [3.05, 3.63) is 64.6 Å². The zero-order valence-corrected chi connectivity index (χ0v) is 18.0. The van der Waals surface area contributed by atoms with Crippen molar-refractivity contribution in [1.29, 1.82) is 0 Å². The minimum Gasteiger partial charge on any atom is -0.494 e. The molecular formula is C22H17Cl2N3O4. The summed E-state index contributed by atoms with van der Waals surface area (Å²) in [7, 11) is 3.00. The Kier molecular flexibility index (Phi) is 5.88. The van der Waals surface area contributed by atoms with E-state index in [9.17, 15) is 4.79 Å². The van der Waals surface area contributed by atoms with E-state index in [4.69, 9.17) is 37.4 Å². The molecule has 0 spiro atoms. The highest BCUT2D eigenvalue weighted by Gasteiger charge is 2.16. The summed E-state index contributed by atoms with van der Waals surface area (Å²) >= 11 is 12.6. The van der Waals surface area contributed by atoms with Crippen LogP contribution in [-0.4, -0.2) is 30.3 Å². The fourth-order valence-corrected chi connectivity index (χ4v) is 3.68. The number of methoxy groups -OCH3 is 2. The third-order valence-electron chi connectivity index (χ3n) is 4.52. The van der Waals surface area contributed by atoms with Gasteiger partial charge in [0.25, 0.3) is 0 Å². The molecule has 0 aliphatic rings. The number of hydrogen-bond acceptors (Lipinski definition) is 5. The van der Waals surface area contributed by atoms with Crippen LogP contribution in [-0.2, 0) is 0 Å². The summed E-state index contributed by atoms with van der Waals surface area (Å²) in [6, 6.07) is 15.4. The summed E-state index contributed by atoms with van der Waals surface area (Å²) in [5, 5.41) is 3.61. The van der Waals surface area contributed by atoms with E-state index in [2.05, 4.69) is 15.3 Å². The van der Waals surface area contributed by atoms with Crippen LogP contribution in [0, 0.1) is 0 Å². The smallest absolute Gasteiger partial charge is 0.417 e. The van der Waals surface area contributed by atoms with Gasteiger partial charge in [0.1, 0.15) is 28.8 Å². The first-order chi connectivity index (χ1) is 15.0. The van der Waals surface area contributed by atoms with Crippen molar-refractivity contribution in [2.45, 2.75) is 0 Å². The molecule has 3 aromatic carbocycles. The van der Waals surface area contributed by atoms with E-state index in [0.29, 0.717) is 55.4 Å². The van der Waals surface area contributed by atoms with Gasteiger partial charge in [-0.05, 0) is 36.4 Å². The van der Waals surface area contributed by atoms with E-state index < -0.39 is 6.09 Å². The lowest BCUT2D eigenvalue weighted by Gasteiger charge is -2.13. The van der Waals surface area contributed by atoms with Gasteiger partial charge >= 0.3 is 6.09 Å². The van der Waals surface area contributed by atoms with Crippen molar-refractivity contribution in [3.8, 4) is 28.6 Å². The number of nitrogens with zero attached hydrogens (tertiary/aromatic N) is 1. The number of benzene rings is 3. The number of imidazole rings is 1. The van der Waals surface area contributed by atoms with Crippen molar-refractivity contribution in [1.82, 2.24) is 9.97 Å². The zero-order valence-electron chi connectivity index (χ0n) is 16.5. The lowest BCUT2D eigenvalue weighted by atomic mass is 10.2. The maximum atomic E-state index is 12.5. The largest absolute Gasteiger partial charge is 0.494 e. The number of halogens is 2. The highest BCUT2D eigenvalue weighted by molar-refractivity contribution is 6.39. The topological polar surface area (TPSA) is 85.5 Å². The number of amides is 1. The molecule has 1 heterocycles. The Morgan fingerprint density at radius 3 is 2.26 bits per heavy atom. The molecule has 9 heteroatoms. The van der Waals surface area contributed by atoms with Crippen LogP contribution >= 0.6 is 23.2 Å². The summed E-state index contributed by atoms with van der Waals surface area (Å²) < 4.78 is 16.0. The molecule has 2 N–H and O–H groups in total. The molecule has 4 rings (SSSR count). The molecule has 4 aromatic rings. The first kappa shape index (κ1) is 20.8. The lowest BCUT2D eigenvalue weighted by molar-refractivity contribution is 0.215. The van der Waals surface area contributed by atoms with Crippen LogP contribution in [0.1, 0.15) is 0 Å². The second kappa shape index (κ2) is 8.75. The van der Waals surface area contributed by atoms with Gasteiger partial charge in [-0.3, -0.25) is 5.32 Å². The SMILES string of the molecule is COc1cccc(OC)c1NC(=O)Oc1ccc2nc(-c3c(Cl)cccc3Cl)[nH]c2c1. The minimum absolute atomic E-state index is 0.319. The average Bonchev–Trinajstić information content (AvgIpc) is 3.16. The molecule has 0 unspecified atom stereocenters. The van der Waals surface area contributed by atoms with Gasteiger partial charge in [-0.15, -0.1) is 0 Å². The molecule has 0 atom stereocenters. The molecule has 0 bridgehead atoms. The third-order valence-corrected chi connectivity index (χ3v) is 5.15. The van der Waals surface area contributed by atoms with E-state index in [-0.39, 0.29) is 0 Å². The lowest BCUT2D eigenvalue weighted by Crippen LogP contribution is -2.17. The maximum absolute atomic E-state index is 12.5. The molecule has 0 fully saturated rings. The Morgan fingerprint density at radius 1 is 0.968 bits per heavy atom. The number of ether oxygens (including phenoxy) is 3. The van der Waals surface area contributed by atoms with Crippen molar-refractivity contribution in [2.24, 2.45) is 0 Å². The van der Waals surface area contributed by atoms with Crippen molar-refractivity contribution >= 4 is 46.0 Å². The highest BCUT2D eigenvalue weighted by Crippen LogP contribution is 2.35. The number of anilines is 1. The van der Waals surface area contributed by atoms with Gasteiger partial charge in [0.05, 0.1) is 40.9 Å². The van der Waals surface area contributed by atoms with Crippen LogP contribution in [0.3, 0.4) is 0 Å². The van der Waals surface area contributed by atoms with Crippen molar-refractivity contribution in [3.63, 3.8) is 0 Å². The third kappa shape index (κ3) is 4.23. The van der Waals surface area contributed by atoms with E-state index in [1.165, 1.54) is 14.2 Å². The number of carbonyl (C=O) groups excluding carboxylic acids is 1. The quantitative estimate of drug-likeness (QED) is 0.374. The fourth-order valence-electron chi connectivity index (χ4n) is 3.10. The van der Waals surface area contributed by atoms with E-state index in [1.807, 2.05) is 0 Å². The molecule has 0 radical (unpaired) electrons. The molecule has 1 amide bonds. The molecular weight excluding hydrogens is 441 g/mol. The Hall–Kier alpha value is -3.42. The zero-order chi connectivity index (χ0) is 22.0. The Balaban J connectivity index is 1.58. The summed E-state index contributed by atoms with van der Waals surface area (Å²) in [6.45, 7) is 0. The highest BCUT2D eigenvalue weighted by atomic mass is 35.5. The number of aromatic amines is 1. The van der Waals surface area contributed by atoms with Gasteiger partial charge in [0.15, 0.2) is 0 Å². The summed E-state index contributed by atoms with van der Waals surface area (Å²) in [5.74, 6) is 1.73. The monoisotopic (exact) mass is 457 g/mol. The number of fused-ring (bicyclic) bond motifs is 1. The van der Waals surface area contributed by atoms with Crippen molar-refractivity contribution < 1.29 is 19.0 Å². The van der Waals surface area contributed by atoms with Crippen LogP contribution in [0.5, 0.6) is 17.2 Å². The minimum atomic E-state index is -0.698. The van der Waals surface area contributed by atoms with Gasteiger partial charge < -0.3 is 19.2 Å². The Labute approximate surface area is 187 Å². The molecule has 0 saturated heterocycles. The van der Waals surface area contributed by atoms with Crippen LogP contribution in [0.4, 0.5) is 10.5 Å². The standard InChI is InChI=1S/C22H17Cl2N3O4/c1-29-17-7-4-8-18(30-2)20(17)27-22(28)31-12-9-10-15-16(11-12)26-21(25-15)19-13(23)5-3-6-14(19)24/h3-11H,1-2H3,(H,25,26)(H,27,28). The molecule has 1 aromatic heterocycles. The van der Waals surface area contributed by atoms with E-state index in [1.54, 1.807) is 54.6 Å². The second-order valence-corrected chi connectivity index (χ2v) is 7.23. The molecule has 0 saturated carbocycles. The molecule has 31 heavy (non-hydrogen) atoms. The van der Waals surface area contributed by atoms with Crippen LogP contribution < -0.4 is 19.5 Å². The Morgan fingerprint density at radius 2 is 1.61 bits per heavy atom. The van der Waals surface area contributed by atoms with E-state index in [0.717, 1.165) is 0 Å². The van der Waals surface area contributed by atoms with Gasteiger partial charge in [0.2, 0.25) is 0 Å². The van der Waals surface area contributed by atoms with Crippen LogP contribution in [0.2, 0.25) is 10.0 Å². The van der Waals surface area contributed by atoms with Gasteiger partial charge in [-0.1, -0.05) is 35.3 Å².